The predicted molar refractivity (Wildman–Crippen MR) is 52.6 cm³/mol. The van der Waals surface area contributed by atoms with Gasteiger partial charge in [0.15, 0.2) is 0 Å². The molecular formula is C10H15N3O. The summed E-state index contributed by atoms with van der Waals surface area (Å²) >= 11 is 0. The Morgan fingerprint density at radius 3 is 3.00 bits per heavy atom. The fraction of sp³-hybridized carbons (Fsp3) is 0.600. The standard InChI is InChI=1S/C10H15N3O/c1-8(10-6-11-3-4-12-10)13-5-2-9(14)7-13/h3-4,6,8-9,14H,2,5,7H2,1H3/t8?,9-/m0/s1. The summed E-state index contributed by atoms with van der Waals surface area (Å²) in [6.45, 7) is 3.79. The summed E-state index contributed by atoms with van der Waals surface area (Å²) in [5.74, 6) is 0. The summed E-state index contributed by atoms with van der Waals surface area (Å²) in [5.41, 5.74) is 0.974. The first-order chi connectivity index (χ1) is 6.77. The Morgan fingerprint density at radius 2 is 2.43 bits per heavy atom. The highest BCUT2D eigenvalue weighted by Gasteiger charge is 2.25. The minimum absolute atomic E-state index is 0.172. The molecule has 0 saturated carbocycles. The summed E-state index contributed by atoms with van der Waals surface area (Å²) in [6.07, 6.45) is 5.86. The Labute approximate surface area is 83.6 Å². The Hall–Kier alpha value is -1.00. The van der Waals surface area contributed by atoms with Gasteiger partial charge in [0, 0.05) is 31.7 Å². The third kappa shape index (κ3) is 1.91. The van der Waals surface area contributed by atoms with Crippen LogP contribution in [-0.2, 0) is 0 Å². The van der Waals surface area contributed by atoms with Crippen LogP contribution in [0.4, 0.5) is 0 Å². The summed E-state index contributed by atoms with van der Waals surface area (Å²) in [4.78, 5) is 10.5. The minimum Gasteiger partial charge on any atom is -0.392 e. The van der Waals surface area contributed by atoms with Crippen LogP contribution in [0.1, 0.15) is 25.1 Å². The average Bonchev–Trinajstić information content (AvgIpc) is 2.65. The molecule has 1 aromatic heterocycles. The molecule has 0 bridgehead atoms. The van der Waals surface area contributed by atoms with Crippen molar-refractivity contribution in [3.8, 4) is 0 Å². The van der Waals surface area contributed by atoms with Crippen LogP contribution >= 0.6 is 0 Å². The fourth-order valence-corrected chi connectivity index (χ4v) is 1.83. The molecule has 1 unspecified atom stereocenters. The average molecular weight is 193 g/mol. The van der Waals surface area contributed by atoms with Crippen molar-refractivity contribution in [2.75, 3.05) is 13.1 Å². The van der Waals surface area contributed by atoms with E-state index >= 15 is 0 Å². The van der Waals surface area contributed by atoms with Crippen LogP contribution in [0.3, 0.4) is 0 Å². The lowest BCUT2D eigenvalue weighted by molar-refractivity contribution is 0.162. The predicted octanol–water partition coefficient (Wildman–Crippen LogP) is 0.604. The van der Waals surface area contributed by atoms with Crippen molar-refractivity contribution in [2.24, 2.45) is 0 Å². The fourth-order valence-electron chi connectivity index (χ4n) is 1.83. The van der Waals surface area contributed by atoms with E-state index in [0.29, 0.717) is 0 Å². The van der Waals surface area contributed by atoms with Gasteiger partial charge in [-0.25, -0.2) is 0 Å². The number of aliphatic hydroxyl groups excluding tert-OH is 1. The quantitative estimate of drug-likeness (QED) is 0.747. The van der Waals surface area contributed by atoms with E-state index in [0.717, 1.165) is 25.2 Å². The van der Waals surface area contributed by atoms with E-state index in [2.05, 4.69) is 21.8 Å². The molecule has 0 aromatic carbocycles. The molecule has 0 spiro atoms. The third-order valence-corrected chi connectivity index (χ3v) is 2.75. The number of aliphatic hydroxyl groups is 1. The van der Waals surface area contributed by atoms with Gasteiger partial charge < -0.3 is 5.11 Å². The summed E-state index contributed by atoms with van der Waals surface area (Å²) in [6, 6.07) is 0.251. The molecule has 76 valence electrons. The van der Waals surface area contributed by atoms with Gasteiger partial charge in [-0.15, -0.1) is 0 Å². The normalized spacial score (nSPS) is 25.1. The molecule has 2 atom stereocenters. The molecule has 1 aliphatic heterocycles. The minimum atomic E-state index is -0.172. The number of nitrogens with zero attached hydrogens (tertiary/aromatic N) is 3. The maximum atomic E-state index is 9.42. The van der Waals surface area contributed by atoms with Crippen LogP contribution in [-0.4, -0.2) is 39.2 Å². The van der Waals surface area contributed by atoms with Crippen LogP contribution in [0.25, 0.3) is 0 Å². The molecule has 0 radical (unpaired) electrons. The van der Waals surface area contributed by atoms with Crippen LogP contribution < -0.4 is 0 Å². The lowest BCUT2D eigenvalue weighted by atomic mass is 10.2. The molecule has 2 heterocycles. The molecule has 14 heavy (non-hydrogen) atoms. The second kappa shape index (κ2) is 4.02. The molecule has 1 N–H and O–H groups in total. The van der Waals surface area contributed by atoms with Crippen molar-refractivity contribution in [3.63, 3.8) is 0 Å². The number of hydrogen-bond acceptors (Lipinski definition) is 4. The van der Waals surface area contributed by atoms with Gasteiger partial charge in [0.25, 0.3) is 0 Å². The molecule has 0 aliphatic carbocycles. The van der Waals surface area contributed by atoms with Gasteiger partial charge in [0.1, 0.15) is 0 Å². The molecule has 4 heteroatoms. The summed E-state index contributed by atoms with van der Waals surface area (Å²) in [5, 5.41) is 9.42. The van der Waals surface area contributed by atoms with Crippen molar-refractivity contribution >= 4 is 0 Å². The van der Waals surface area contributed by atoms with Crippen LogP contribution in [0.15, 0.2) is 18.6 Å². The number of aromatic nitrogens is 2. The largest absolute Gasteiger partial charge is 0.392 e. The third-order valence-electron chi connectivity index (χ3n) is 2.75. The van der Waals surface area contributed by atoms with Gasteiger partial charge in [-0.3, -0.25) is 14.9 Å². The Morgan fingerprint density at radius 1 is 1.57 bits per heavy atom. The smallest absolute Gasteiger partial charge is 0.0755 e. The van der Waals surface area contributed by atoms with E-state index in [1.165, 1.54) is 0 Å². The van der Waals surface area contributed by atoms with Gasteiger partial charge >= 0.3 is 0 Å². The molecule has 2 rings (SSSR count). The Kier molecular flexibility index (Phi) is 2.74. The van der Waals surface area contributed by atoms with E-state index in [9.17, 15) is 5.11 Å². The lowest BCUT2D eigenvalue weighted by Crippen LogP contribution is -2.26. The van der Waals surface area contributed by atoms with Gasteiger partial charge in [-0.1, -0.05) is 0 Å². The van der Waals surface area contributed by atoms with Gasteiger partial charge in [-0.05, 0) is 13.3 Å². The number of β-amino-alcohol motifs (C(OH)–C–C–N with tert-alkyl or cyclic N) is 1. The first kappa shape index (κ1) is 9.55. The summed E-state index contributed by atoms with van der Waals surface area (Å²) < 4.78 is 0. The lowest BCUT2D eigenvalue weighted by Gasteiger charge is -2.22. The van der Waals surface area contributed by atoms with Crippen molar-refractivity contribution < 1.29 is 5.11 Å². The second-order valence-electron chi connectivity index (χ2n) is 3.74. The SMILES string of the molecule is CC(c1cnccn1)N1CC[C@H](O)C1. The van der Waals surface area contributed by atoms with Crippen molar-refractivity contribution in [2.45, 2.75) is 25.5 Å². The molecular weight excluding hydrogens is 178 g/mol. The van der Waals surface area contributed by atoms with E-state index in [1.54, 1.807) is 18.6 Å². The van der Waals surface area contributed by atoms with Crippen molar-refractivity contribution in [3.05, 3.63) is 24.3 Å². The zero-order valence-electron chi connectivity index (χ0n) is 8.30. The van der Waals surface area contributed by atoms with E-state index < -0.39 is 0 Å². The van der Waals surface area contributed by atoms with E-state index in [1.807, 2.05) is 0 Å². The second-order valence-corrected chi connectivity index (χ2v) is 3.74. The Balaban J connectivity index is 2.05. The number of rotatable bonds is 2. The van der Waals surface area contributed by atoms with Gasteiger partial charge in [-0.2, -0.15) is 0 Å². The highest BCUT2D eigenvalue weighted by molar-refractivity contribution is 5.02. The topological polar surface area (TPSA) is 49.2 Å². The first-order valence-corrected chi connectivity index (χ1v) is 4.95. The molecule has 1 aromatic rings. The summed E-state index contributed by atoms with van der Waals surface area (Å²) in [7, 11) is 0. The molecule has 1 fully saturated rings. The van der Waals surface area contributed by atoms with Gasteiger partial charge in [0.2, 0.25) is 0 Å². The molecule has 0 amide bonds. The highest BCUT2D eigenvalue weighted by Crippen LogP contribution is 2.22. The first-order valence-electron chi connectivity index (χ1n) is 4.95. The van der Waals surface area contributed by atoms with Gasteiger partial charge in [0.05, 0.1) is 17.8 Å². The maximum Gasteiger partial charge on any atom is 0.0755 e. The van der Waals surface area contributed by atoms with Crippen LogP contribution in [0.5, 0.6) is 0 Å². The molecule has 4 nitrogen and oxygen atoms in total. The number of likely N-dealkylation sites (tertiary alicyclic amines) is 1. The molecule has 1 aliphatic rings. The zero-order chi connectivity index (χ0) is 9.97. The molecule has 1 saturated heterocycles. The maximum absolute atomic E-state index is 9.42. The number of hydrogen-bond donors (Lipinski definition) is 1. The monoisotopic (exact) mass is 193 g/mol. The Bertz CT molecular complexity index is 291. The van der Waals surface area contributed by atoms with Crippen molar-refractivity contribution in [1.82, 2.24) is 14.9 Å². The van der Waals surface area contributed by atoms with Crippen molar-refractivity contribution in [1.29, 1.82) is 0 Å². The van der Waals surface area contributed by atoms with E-state index in [4.69, 9.17) is 0 Å². The van der Waals surface area contributed by atoms with Crippen LogP contribution in [0, 0.1) is 0 Å². The van der Waals surface area contributed by atoms with E-state index in [-0.39, 0.29) is 12.1 Å². The van der Waals surface area contributed by atoms with Crippen LogP contribution in [0.2, 0.25) is 0 Å². The highest BCUT2D eigenvalue weighted by atomic mass is 16.3. The zero-order valence-corrected chi connectivity index (χ0v) is 8.30.